The van der Waals surface area contributed by atoms with E-state index in [1.165, 1.54) is 4.90 Å². The van der Waals surface area contributed by atoms with Crippen LogP contribution in [0.15, 0.2) is 0 Å². The standard InChI is InChI=1S/C12H20F3N3O2/c13-12(14,15)10-8-18(11(19)20)6-5-17(10)7-9-1-3-16-4-2-9/h9-10,16H,1-8H2,(H,19,20). The Morgan fingerprint density at radius 3 is 2.45 bits per heavy atom. The van der Waals surface area contributed by atoms with Crippen LogP contribution in [0.3, 0.4) is 0 Å². The number of hydrogen-bond acceptors (Lipinski definition) is 3. The molecule has 2 aliphatic rings. The maximum Gasteiger partial charge on any atom is 0.407 e. The van der Waals surface area contributed by atoms with Crippen LogP contribution in [0.4, 0.5) is 18.0 Å². The molecule has 0 radical (unpaired) electrons. The molecule has 20 heavy (non-hydrogen) atoms. The maximum atomic E-state index is 13.1. The van der Waals surface area contributed by atoms with Crippen molar-refractivity contribution in [3.8, 4) is 0 Å². The van der Waals surface area contributed by atoms with Crippen molar-refractivity contribution in [2.75, 3.05) is 39.3 Å². The van der Waals surface area contributed by atoms with Gasteiger partial charge < -0.3 is 15.3 Å². The lowest BCUT2D eigenvalue weighted by Crippen LogP contribution is -2.60. The summed E-state index contributed by atoms with van der Waals surface area (Å²) in [5.41, 5.74) is 0. The summed E-state index contributed by atoms with van der Waals surface area (Å²) in [6.45, 7) is 1.91. The fourth-order valence-corrected chi connectivity index (χ4v) is 2.92. The van der Waals surface area contributed by atoms with Crippen molar-refractivity contribution in [2.24, 2.45) is 5.92 Å². The summed E-state index contributed by atoms with van der Waals surface area (Å²) < 4.78 is 39.3. The van der Waals surface area contributed by atoms with Gasteiger partial charge in [0.1, 0.15) is 6.04 Å². The predicted molar refractivity (Wildman–Crippen MR) is 66.6 cm³/mol. The Bertz CT molecular complexity index is 345. The van der Waals surface area contributed by atoms with E-state index in [1.54, 1.807) is 0 Å². The van der Waals surface area contributed by atoms with E-state index in [0.717, 1.165) is 30.8 Å². The number of hydrogen-bond donors (Lipinski definition) is 2. The monoisotopic (exact) mass is 295 g/mol. The second kappa shape index (κ2) is 6.17. The molecule has 2 rings (SSSR count). The summed E-state index contributed by atoms with van der Waals surface area (Å²) in [4.78, 5) is 13.1. The molecule has 5 nitrogen and oxygen atoms in total. The summed E-state index contributed by atoms with van der Waals surface area (Å²) in [7, 11) is 0. The second-order valence-corrected chi connectivity index (χ2v) is 5.47. The van der Waals surface area contributed by atoms with Crippen LogP contribution in [0.2, 0.25) is 0 Å². The van der Waals surface area contributed by atoms with Crippen LogP contribution >= 0.6 is 0 Å². The Morgan fingerprint density at radius 1 is 1.25 bits per heavy atom. The average molecular weight is 295 g/mol. The Balaban J connectivity index is 2.00. The van der Waals surface area contributed by atoms with Gasteiger partial charge in [-0.2, -0.15) is 13.2 Å². The molecule has 2 heterocycles. The van der Waals surface area contributed by atoms with E-state index in [9.17, 15) is 18.0 Å². The number of rotatable bonds is 2. The lowest BCUT2D eigenvalue weighted by atomic mass is 9.96. The van der Waals surface area contributed by atoms with Crippen LogP contribution in [0, 0.1) is 5.92 Å². The molecule has 116 valence electrons. The van der Waals surface area contributed by atoms with Crippen molar-refractivity contribution >= 4 is 6.09 Å². The lowest BCUT2D eigenvalue weighted by molar-refractivity contribution is -0.196. The molecule has 2 aliphatic heterocycles. The van der Waals surface area contributed by atoms with Gasteiger partial charge in [-0.15, -0.1) is 0 Å². The molecule has 2 N–H and O–H groups in total. The van der Waals surface area contributed by atoms with Gasteiger partial charge in [0.2, 0.25) is 0 Å². The number of halogens is 3. The van der Waals surface area contributed by atoms with Crippen LogP contribution in [-0.2, 0) is 0 Å². The van der Waals surface area contributed by atoms with Crippen LogP contribution in [0.25, 0.3) is 0 Å². The second-order valence-electron chi connectivity index (χ2n) is 5.47. The number of amides is 1. The number of nitrogens with zero attached hydrogens (tertiary/aromatic N) is 2. The van der Waals surface area contributed by atoms with Gasteiger partial charge >= 0.3 is 12.3 Å². The molecule has 0 bridgehead atoms. The molecule has 8 heteroatoms. The summed E-state index contributed by atoms with van der Waals surface area (Å²) in [6, 6.07) is -1.68. The zero-order valence-electron chi connectivity index (χ0n) is 11.2. The summed E-state index contributed by atoms with van der Waals surface area (Å²) in [5.74, 6) is 0.262. The van der Waals surface area contributed by atoms with E-state index < -0.39 is 24.9 Å². The quantitative estimate of drug-likeness (QED) is 0.804. The van der Waals surface area contributed by atoms with Crippen LogP contribution in [0.5, 0.6) is 0 Å². The minimum Gasteiger partial charge on any atom is -0.465 e. The lowest BCUT2D eigenvalue weighted by Gasteiger charge is -2.42. The summed E-state index contributed by atoms with van der Waals surface area (Å²) in [5, 5.41) is 12.0. The number of alkyl halides is 3. The van der Waals surface area contributed by atoms with E-state index >= 15 is 0 Å². The molecule has 0 aromatic carbocycles. The molecule has 1 amide bonds. The Morgan fingerprint density at radius 2 is 1.90 bits per heavy atom. The Hall–Kier alpha value is -1.02. The highest BCUT2D eigenvalue weighted by atomic mass is 19.4. The number of carboxylic acid groups (broad SMARTS) is 1. The largest absolute Gasteiger partial charge is 0.465 e. The number of nitrogens with one attached hydrogen (secondary N) is 1. The maximum absolute atomic E-state index is 13.1. The first-order chi connectivity index (χ1) is 9.38. The highest BCUT2D eigenvalue weighted by Gasteiger charge is 2.47. The smallest absolute Gasteiger partial charge is 0.407 e. The van der Waals surface area contributed by atoms with E-state index in [1.807, 2.05) is 0 Å². The molecule has 0 aromatic rings. The minimum absolute atomic E-state index is 0.146. The molecule has 0 aliphatic carbocycles. The van der Waals surface area contributed by atoms with Crippen molar-refractivity contribution < 1.29 is 23.1 Å². The highest BCUT2D eigenvalue weighted by Crippen LogP contribution is 2.29. The fourth-order valence-electron chi connectivity index (χ4n) is 2.92. The molecule has 1 atom stereocenters. The number of piperidine rings is 1. The van der Waals surface area contributed by atoms with Crippen molar-refractivity contribution in [1.82, 2.24) is 15.1 Å². The van der Waals surface area contributed by atoms with Crippen LogP contribution in [-0.4, -0.2) is 72.5 Å². The predicted octanol–water partition coefficient (Wildman–Crippen LogP) is 1.21. The van der Waals surface area contributed by atoms with Gasteiger partial charge in [-0.1, -0.05) is 0 Å². The van der Waals surface area contributed by atoms with Crippen molar-refractivity contribution in [2.45, 2.75) is 25.1 Å². The highest BCUT2D eigenvalue weighted by molar-refractivity contribution is 5.65. The zero-order chi connectivity index (χ0) is 14.8. The van der Waals surface area contributed by atoms with Crippen molar-refractivity contribution in [3.63, 3.8) is 0 Å². The number of piperazine rings is 1. The van der Waals surface area contributed by atoms with E-state index in [2.05, 4.69) is 5.32 Å². The van der Waals surface area contributed by atoms with Gasteiger partial charge in [-0.05, 0) is 31.8 Å². The van der Waals surface area contributed by atoms with E-state index in [4.69, 9.17) is 5.11 Å². The molecule has 0 spiro atoms. The summed E-state index contributed by atoms with van der Waals surface area (Å²) in [6.07, 6.45) is -3.91. The molecule has 1 unspecified atom stereocenters. The molecule has 2 saturated heterocycles. The average Bonchev–Trinajstić information content (AvgIpc) is 2.39. The molecular weight excluding hydrogens is 275 g/mol. The first-order valence-electron chi connectivity index (χ1n) is 6.87. The van der Waals surface area contributed by atoms with Crippen molar-refractivity contribution in [1.29, 1.82) is 0 Å². The Labute approximate surface area is 115 Å². The first-order valence-corrected chi connectivity index (χ1v) is 6.87. The van der Waals surface area contributed by atoms with Gasteiger partial charge in [0.15, 0.2) is 0 Å². The topological polar surface area (TPSA) is 55.8 Å². The molecular formula is C12H20F3N3O2. The third kappa shape index (κ3) is 3.76. The third-order valence-corrected chi connectivity index (χ3v) is 4.09. The van der Waals surface area contributed by atoms with Crippen LogP contribution in [0.1, 0.15) is 12.8 Å². The first kappa shape index (κ1) is 15.4. The third-order valence-electron chi connectivity index (χ3n) is 4.09. The molecule has 0 aromatic heterocycles. The molecule has 0 saturated carbocycles. The minimum atomic E-state index is -4.39. The Kier molecular flexibility index (Phi) is 4.74. The van der Waals surface area contributed by atoms with Gasteiger partial charge in [-0.25, -0.2) is 4.79 Å². The SMILES string of the molecule is O=C(O)N1CCN(CC2CCNCC2)C(C(F)(F)F)C1. The normalized spacial score (nSPS) is 26.8. The summed E-state index contributed by atoms with van der Waals surface area (Å²) >= 11 is 0. The van der Waals surface area contributed by atoms with Crippen molar-refractivity contribution in [3.05, 3.63) is 0 Å². The zero-order valence-corrected chi connectivity index (χ0v) is 11.2. The fraction of sp³-hybridized carbons (Fsp3) is 0.917. The van der Waals surface area contributed by atoms with E-state index in [0.29, 0.717) is 6.54 Å². The molecule has 2 fully saturated rings. The van der Waals surface area contributed by atoms with E-state index in [-0.39, 0.29) is 19.0 Å². The van der Waals surface area contributed by atoms with Gasteiger partial charge in [0.25, 0.3) is 0 Å². The van der Waals surface area contributed by atoms with Gasteiger partial charge in [0, 0.05) is 26.2 Å². The number of carbonyl (C=O) groups is 1. The van der Waals surface area contributed by atoms with Crippen LogP contribution < -0.4 is 5.32 Å². The van der Waals surface area contributed by atoms with Gasteiger partial charge in [0.05, 0.1) is 0 Å². The van der Waals surface area contributed by atoms with Gasteiger partial charge in [-0.3, -0.25) is 4.90 Å².